The molecule has 41 heavy (non-hydrogen) atoms. The molecule has 1 N–H and O–H groups in total. The average Bonchev–Trinajstić information content (AvgIpc) is 2.84. The lowest BCUT2D eigenvalue weighted by molar-refractivity contribution is -0.472. The van der Waals surface area contributed by atoms with E-state index in [4.69, 9.17) is 24.1 Å². The summed E-state index contributed by atoms with van der Waals surface area (Å²) in [6.07, 6.45) is -14.4. The Balaban J connectivity index is 4.57. The number of aliphatic hydroxyl groups is 1. The Morgan fingerprint density at radius 2 is 0.610 bits per heavy atom. The predicted molar refractivity (Wildman–Crippen MR) is 103 cm³/mol. The molecule has 0 aromatic carbocycles. The molecular formula is C19H25F15O7. The Morgan fingerprint density at radius 1 is 0.341 bits per heavy atom. The van der Waals surface area contributed by atoms with Gasteiger partial charge in [0.15, 0.2) is 0 Å². The molecule has 0 amide bonds. The summed E-state index contributed by atoms with van der Waals surface area (Å²) < 4.78 is 223. The Morgan fingerprint density at radius 3 is 0.927 bits per heavy atom. The number of hydrogen-bond donors (Lipinski definition) is 1. The predicted octanol–water partition coefficient (Wildman–Crippen LogP) is 4.41. The van der Waals surface area contributed by atoms with Gasteiger partial charge in [-0.15, -0.1) is 0 Å². The molecule has 0 bridgehead atoms. The van der Waals surface area contributed by atoms with Crippen molar-refractivity contribution < 1.29 is 99.4 Å². The Bertz CT molecular complexity index is 736. The highest BCUT2D eigenvalue weighted by Crippen LogP contribution is 2.62. The van der Waals surface area contributed by atoms with Gasteiger partial charge in [0.25, 0.3) is 0 Å². The number of rotatable bonds is 23. The first-order valence-corrected chi connectivity index (χ1v) is 11.0. The molecule has 0 unspecified atom stereocenters. The maximum atomic E-state index is 13.5. The summed E-state index contributed by atoms with van der Waals surface area (Å²) in [6, 6.07) is 0. The summed E-state index contributed by atoms with van der Waals surface area (Å²) in [7, 11) is 0. The normalized spacial score (nSPS) is 14.6. The van der Waals surface area contributed by atoms with Gasteiger partial charge in [-0.1, -0.05) is 0 Å². The fourth-order valence-electron chi connectivity index (χ4n) is 2.32. The van der Waals surface area contributed by atoms with Gasteiger partial charge in [-0.05, 0) is 0 Å². The monoisotopic (exact) mass is 650 g/mol. The van der Waals surface area contributed by atoms with Gasteiger partial charge in [-0.2, -0.15) is 65.9 Å². The van der Waals surface area contributed by atoms with Crippen LogP contribution in [0.1, 0.15) is 0 Å². The van der Waals surface area contributed by atoms with Crippen molar-refractivity contribution in [3.8, 4) is 0 Å². The van der Waals surface area contributed by atoms with Crippen LogP contribution in [-0.4, -0.2) is 126 Å². The van der Waals surface area contributed by atoms with E-state index >= 15 is 0 Å². The zero-order valence-electron chi connectivity index (χ0n) is 20.6. The molecule has 0 aromatic rings. The van der Waals surface area contributed by atoms with E-state index in [9.17, 15) is 65.9 Å². The topological polar surface area (TPSA) is 75.6 Å². The molecule has 0 aromatic heterocycles. The van der Waals surface area contributed by atoms with Crippen LogP contribution >= 0.6 is 0 Å². The molecule has 22 heteroatoms. The fraction of sp³-hybridized carbons (Fsp3) is 1.00. The number of hydrogen-bond acceptors (Lipinski definition) is 7. The number of aliphatic hydroxyl groups excluding tert-OH is 1. The minimum atomic E-state index is -8.37. The molecule has 0 radical (unpaired) electrons. The second-order valence-corrected chi connectivity index (χ2v) is 7.52. The maximum absolute atomic E-state index is 13.5. The van der Waals surface area contributed by atoms with E-state index in [1.165, 1.54) is 0 Å². The molecule has 0 spiro atoms. The highest BCUT2D eigenvalue weighted by Gasteiger charge is 2.93. The minimum Gasteiger partial charge on any atom is -0.394 e. The Hall–Kier alpha value is -1.33. The first kappa shape index (κ1) is 39.7. The second-order valence-electron chi connectivity index (χ2n) is 7.52. The quantitative estimate of drug-likeness (QED) is 0.130. The van der Waals surface area contributed by atoms with Crippen molar-refractivity contribution in [2.75, 3.05) is 79.3 Å². The molecule has 0 aliphatic rings. The Labute approximate surface area is 221 Å². The highest BCUT2D eigenvalue weighted by molar-refractivity contribution is 5.11. The van der Waals surface area contributed by atoms with Crippen molar-refractivity contribution in [1.29, 1.82) is 0 Å². The summed E-state index contributed by atoms with van der Waals surface area (Å²) in [4.78, 5) is 0. The lowest BCUT2D eigenvalue weighted by Gasteiger charge is -2.41. The summed E-state index contributed by atoms with van der Waals surface area (Å²) in [5.41, 5.74) is 0. The number of halogens is 15. The van der Waals surface area contributed by atoms with Crippen LogP contribution in [-0.2, 0) is 28.4 Å². The van der Waals surface area contributed by atoms with Crippen molar-refractivity contribution in [3.05, 3.63) is 0 Å². The van der Waals surface area contributed by atoms with Gasteiger partial charge < -0.3 is 33.5 Å². The van der Waals surface area contributed by atoms with E-state index in [2.05, 4.69) is 9.47 Å². The summed E-state index contributed by atoms with van der Waals surface area (Å²) in [5, 5.41) is 8.47. The summed E-state index contributed by atoms with van der Waals surface area (Å²) >= 11 is 0. The van der Waals surface area contributed by atoms with Crippen LogP contribution in [0.4, 0.5) is 65.9 Å². The molecule has 0 heterocycles. The fourth-order valence-corrected chi connectivity index (χ4v) is 2.32. The van der Waals surface area contributed by atoms with Crippen LogP contribution < -0.4 is 0 Å². The second kappa shape index (κ2) is 15.9. The van der Waals surface area contributed by atoms with Gasteiger partial charge in [0, 0.05) is 0 Å². The van der Waals surface area contributed by atoms with Gasteiger partial charge in [0.2, 0.25) is 0 Å². The van der Waals surface area contributed by atoms with Crippen LogP contribution in [0.5, 0.6) is 0 Å². The average molecular weight is 650 g/mol. The lowest BCUT2D eigenvalue weighted by atomic mass is 9.93. The highest BCUT2D eigenvalue weighted by atomic mass is 19.4. The van der Waals surface area contributed by atoms with Crippen LogP contribution in [0.3, 0.4) is 0 Å². The summed E-state index contributed by atoms with van der Waals surface area (Å²) in [5.74, 6) is -40.6. The first-order valence-electron chi connectivity index (χ1n) is 11.0. The van der Waals surface area contributed by atoms with Gasteiger partial charge in [-0.3, -0.25) is 0 Å². The molecule has 0 rings (SSSR count). The molecule has 0 atom stereocenters. The van der Waals surface area contributed by atoms with E-state index in [0.29, 0.717) is 0 Å². The third-order valence-corrected chi connectivity index (χ3v) is 4.53. The van der Waals surface area contributed by atoms with E-state index in [0.717, 1.165) is 0 Å². The van der Waals surface area contributed by atoms with Crippen LogP contribution in [0.15, 0.2) is 0 Å². The maximum Gasteiger partial charge on any atom is 0.460 e. The van der Waals surface area contributed by atoms with E-state index in [1.807, 2.05) is 0 Å². The lowest BCUT2D eigenvalue weighted by Crippen LogP contribution is -2.72. The van der Waals surface area contributed by atoms with Crippen molar-refractivity contribution in [2.45, 2.75) is 41.9 Å². The van der Waals surface area contributed by atoms with Crippen molar-refractivity contribution in [3.63, 3.8) is 0 Å². The summed E-state index contributed by atoms with van der Waals surface area (Å²) in [6.45, 7) is -2.78. The third kappa shape index (κ3) is 9.85. The van der Waals surface area contributed by atoms with Crippen LogP contribution in [0.2, 0.25) is 0 Å². The standard InChI is InChI=1S/C19H25F15O7/c20-13(21,14(22,23)16(26,27)18(30,31)32)15(24,25)17(28,29)19(33,34)41-12-11-40-10-9-39-8-7-38-6-5-37-4-3-36-2-1-35/h35H,1-12H2. The Kier molecular flexibility index (Phi) is 15.4. The molecule has 7 nitrogen and oxygen atoms in total. The molecule has 0 aliphatic carbocycles. The van der Waals surface area contributed by atoms with Crippen molar-refractivity contribution >= 4 is 0 Å². The zero-order valence-corrected chi connectivity index (χ0v) is 20.6. The van der Waals surface area contributed by atoms with Crippen LogP contribution in [0, 0.1) is 0 Å². The van der Waals surface area contributed by atoms with Crippen molar-refractivity contribution in [1.82, 2.24) is 0 Å². The number of alkyl halides is 15. The smallest absolute Gasteiger partial charge is 0.394 e. The minimum absolute atomic E-state index is 0.0366. The molecular weight excluding hydrogens is 625 g/mol. The number of ether oxygens (including phenoxy) is 6. The van der Waals surface area contributed by atoms with Gasteiger partial charge in [0.1, 0.15) is 0 Å². The van der Waals surface area contributed by atoms with Gasteiger partial charge in [-0.25, -0.2) is 0 Å². The molecule has 0 saturated heterocycles. The van der Waals surface area contributed by atoms with E-state index < -0.39 is 61.7 Å². The zero-order chi connectivity index (χ0) is 32.2. The molecule has 0 aliphatic heterocycles. The molecule has 248 valence electrons. The van der Waals surface area contributed by atoms with Gasteiger partial charge in [0.05, 0.1) is 79.3 Å². The van der Waals surface area contributed by atoms with E-state index in [-0.39, 0.29) is 59.5 Å². The van der Waals surface area contributed by atoms with E-state index in [1.54, 1.807) is 0 Å². The van der Waals surface area contributed by atoms with Gasteiger partial charge >= 0.3 is 41.9 Å². The third-order valence-electron chi connectivity index (χ3n) is 4.53. The van der Waals surface area contributed by atoms with Crippen molar-refractivity contribution in [2.24, 2.45) is 0 Å². The first-order chi connectivity index (χ1) is 18.6. The molecule has 0 saturated carbocycles. The largest absolute Gasteiger partial charge is 0.460 e. The molecule has 0 fully saturated rings. The van der Waals surface area contributed by atoms with Crippen LogP contribution in [0.25, 0.3) is 0 Å². The SMILES string of the molecule is OCCOCCOCCOCCOCCOCCOC(F)(F)C(F)(F)C(F)(F)C(F)(F)C(F)(F)C(F)(F)C(F)(F)F.